The summed E-state index contributed by atoms with van der Waals surface area (Å²) in [5, 5.41) is 12.8. The number of likely N-dealkylation sites (tertiary alicyclic amines) is 1. The number of hydrogen-bond acceptors (Lipinski definition) is 5. The van der Waals surface area contributed by atoms with Crippen LogP contribution in [0, 0.1) is 5.92 Å². The first-order valence-electron chi connectivity index (χ1n) is 6.42. The fourth-order valence-electron chi connectivity index (χ4n) is 2.12. The summed E-state index contributed by atoms with van der Waals surface area (Å²) in [6.45, 7) is 6.70. The number of thiazole rings is 1. The molecule has 1 aromatic rings. The van der Waals surface area contributed by atoms with Gasteiger partial charge in [0, 0.05) is 30.6 Å². The second-order valence-electron chi connectivity index (χ2n) is 5.79. The highest BCUT2D eigenvalue weighted by Gasteiger charge is 2.34. The lowest BCUT2D eigenvalue weighted by Crippen LogP contribution is -2.35. The van der Waals surface area contributed by atoms with Crippen molar-refractivity contribution >= 4 is 17.4 Å². The summed E-state index contributed by atoms with van der Waals surface area (Å²) < 4.78 is 5.33. The highest BCUT2D eigenvalue weighted by Crippen LogP contribution is 2.31. The van der Waals surface area contributed by atoms with Crippen LogP contribution >= 0.6 is 11.3 Å². The van der Waals surface area contributed by atoms with Gasteiger partial charge in [-0.3, -0.25) is 0 Å². The lowest BCUT2D eigenvalue weighted by molar-refractivity contribution is 0.0268. The third-order valence-electron chi connectivity index (χ3n) is 3.03. The maximum Gasteiger partial charge on any atom is 0.410 e. The molecule has 1 unspecified atom stereocenters. The molecule has 106 valence electrons. The summed E-state index contributed by atoms with van der Waals surface area (Å²) in [5.41, 5.74) is -0.483. The first kappa shape index (κ1) is 14.3. The van der Waals surface area contributed by atoms with Crippen LogP contribution in [0.4, 0.5) is 4.79 Å². The molecule has 2 atom stereocenters. The van der Waals surface area contributed by atoms with E-state index in [9.17, 15) is 9.90 Å². The summed E-state index contributed by atoms with van der Waals surface area (Å²) >= 11 is 1.44. The van der Waals surface area contributed by atoms with E-state index in [1.807, 2.05) is 26.2 Å². The molecule has 1 aliphatic rings. The van der Waals surface area contributed by atoms with Gasteiger partial charge in [0.15, 0.2) is 0 Å². The van der Waals surface area contributed by atoms with Crippen molar-refractivity contribution in [3.8, 4) is 0 Å². The normalized spacial score (nSPS) is 21.5. The number of rotatable bonds is 2. The summed E-state index contributed by atoms with van der Waals surface area (Å²) in [6.07, 6.45) is 1.57. The van der Waals surface area contributed by atoms with Crippen LogP contribution < -0.4 is 0 Å². The smallest absolute Gasteiger partial charge is 0.410 e. The molecular weight excluding hydrogens is 264 g/mol. The number of carbonyl (C=O) groups excluding carboxylic acids is 1. The quantitative estimate of drug-likeness (QED) is 0.906. The molecule has 1 amide bonds. The highest BCUT2D eigenvalue weighted by atomic mass is 32.1. The van der Waals surface area contributed by atoms with Crippen molar-refractivity contribution in [2.24, 2.45) is 5.92 Å². The monoisotopic (exact) mass is 284 g/mol. The van der Waals surface area contributed by atoms with E-state index in [4.69, 9.17) is 4.74 Å². The molecule has 0 bridgehead atoms. The molecule has 5 nitrogen and oxygen atoms in total. The molecule has 0 aromatic carbocycles. The van der Waals surface area contributed by atoms with Crippen LogP contribution in [0.2, 0.25) is 0 Å². The largest absolute Gasteiger partial charge is 0.444 e. The van der Waals surface area contributed by atoms with Gasteiger partial charge in [-0.1, -0.05) is 0 Å². The van der Waals surface area contributed by atoms with Crippen molar-refractivity contribution < 1.29 is 14.6 Å². The van der Waals surface area contributed by atoms with Crippen molar-refractivity contribution in [2.45, 2.75) is 38.9 Å². The lowest BCUT2D eigenvalue weighted by Gasteiger charge is -2.24. The molecule has 1 fully saturated rings. The first-order chi connectivity index (χ1) is 8.87. The minimum atomic E-state index is -0.590. The molecule has 1 aliphatic heterocycles. The Hall–Kier alpha value is -1.14. The van der Waals surface area contributed by atoms with E-state index < -0.39 is 11.7 Å². The molecular formula is C13H20N2O3S. The standard InChI is InChI=1S/C13H20N2O3S/c1-13(2,3)18-12(17)15-6-4-9(8-15)10(16)11-14-5-7-19-11/h5,7,9-10,16H,4,6,8H2,1-3H3/t9-,10?/m0/s1. The van der Waals surface area contributed by atoms with Crippen molar-refractivity contribution in [3.05, 3.63) is 16.6 Å². The average molecular weight is 284 g/mol. The Kier molecular flexibility index (Phi) is 4.10. The zero-order valence-electron chi connectivity index (χ0n) is 11.5. The number of amides is 1. The maximum absolute atomic E-state index is 11.9. The van der Waals surface area contributed by atoms with Crippen molar-refractivity contribution in [2.75, 3.05) is 13.1 Å². The molecule has 0 radical (unpaired) electrons. The second-order valence-corrected chi connectivity index (χ2v) is 6.72. The van der Waals surface area contributed by atoms with Crippen LogP contribution in [-0.2, 0) is 4.74 Å². The first-order valence-corrected chi connectivity index (χ1v) is 7.30. The third-order valence-corrected chi connectivity index (χ3v) is 3.87. The van der Waals surface area contributed by atoms with Gasteiger partial charge in [-0.15, -0.1) is 11.3 Å². The van der Waals surface area contributed by atoms with Gasteiger partial charge < -0.3 is 14.7 Å². The zero-order chi connectivity index (χ0) is 14.0. The summed E-state index contributed by atoms with van der Waals surface area (Å²) in [7, 11) is 0. The topological polar surface area (TPSA) is 62.7 Å². The van der Waals surface area contributed by atoms with Crippen LogP contribution in [-0.4, -0.2) is 39.8 Å². The predicted octanol–water partition coefficient (Wildman–Crippen LogP) is 2.43. The Morgan fingerprint density at radius 3 is 2.95 bits per heavy atom. The van der Waals surface area contributed by atoms with Crippen LogP contribution in [0.5, 0.6) is 0 Å². The Bertz CT molecular complexity index is 428. The molecule has 1 saturated heterocycles. The summed E-state index contributed by atoms with van der Waals surface area (Å²) in [4.78, 5) is 17.7. The maximum atomic E-state index is 11.9. The lowest BCUT2D eigenvalue weighted by atomic mass is 10.0. The predicted molar refractivity (Wildman–Crippen MR) is 73.0 cm³/mol. The molecule has 1 N–H and O–H groups in total. The van der Waals surface area contributed by atoms with E-state index in [1.54, 1.807) is 11.1 Å². The van der Waals surface area contributed by atoms with E-state index in [0.717, 1.165) is 11.4 Å². The van der Waals surface area contributed by atoms with Crippen LogP contribution in [0.15, 0.2) is 11.6 Å². The minimum Gasteiger partial charge on any atom is -0.444 e. The summed E-state index contributed by atoms with van der Waals surface area (Å²) in [5.74, 6) is 0.0404. The zero-order valence-corrected chi connectivity index (χ0v) is 12.3. The van der Waals surface area contributed by atoms with Gasteiger partial charge in [0.05, 0.1) is 0 Å². The molecule has 6 heteroatoms. The second kappa shape index (κ2) is 5.46. The van der Waals surface area contributed by atoms with Gasteiger partial charge in [0.2, 0.25) is 0 Å². The number of nitrogens with zero attached hydrogens (tertiary/aromatic N) is 2. The Morgan fingerprint density at radius 2 is 2.37 bits per heavy atom. The van der Waals surface area contributed by atoms with Crippen LogP contribution in [0.1, 0.15) is 38.3 Å². The number of carbonyl (C=O) groups is 1. The number of ether oxygens (including phenoxy) is 1. The van der Waals surface area contributed by atoms with Gasteiger partial charge >= 0.3 is 6.09 Å². The van der Waals surface area contributed by atoms with E-state index in [1.165, 1.54) is 11.3 Å². The van der Waals surface area contributed by atoms with E-state index in [0.29, 0.717) is 13.1 Å². The van der Waals surface area contributed by atoms with Crippen LogP contribution in [0.3, 0.4) is 0 Å². The minimum absolute atomic E-state index is 0.0404. The van der Waals surface area contributed by atoms with Gasteiger partial charge in [-0.25, -0.2) is 9.78 Å². The van der Waals surface area contributed by atoms with E-state index >= 15 is 0 Å². The Balaban J connectivity index is 1.91. The Labute approximate surface area is 117 Å². The molecule has 19 heavy (non-hydrogen) atoms. The fraction of sp³-hybridized carbons (Fsp3) is 0.692. The number of aliphatic hydroxyl groups excluding tert-OH is 1. The highest BCUT2D eigenvalue weighted by molar-refractivity contribution is 7.09. The van der Waals surface area contributed by atoms with Crippen molar-refractivity contribution in [1.29, 1.82) is 0 Å². The SMILES string of the molecule is CC(C)(C)OC(=O)N1CC[C@H](C(O)c2nccs2)C1. The third kappa shape index (κ3) is 3.67. The molecule has 0 spiro atoms. The van der Waals surface area contributed by atoms with Gasteiger partial charge in [0.1, 0.15) is 16.7 Å². The molecule has 2 rings (SSSR count). The van der Waals surface area contributed by atoms with Gasteiger partial charge in [-0.05, 0) is 27.2 Å². The molecule has 1 aromatic heterocycles. The number of aromatic nitrogens is 1. The number of hydrogen-bond donors (Lipinski definition) is 1. The fourth-order valence-corrected chi connectivity index (χ4v) is 2.83. The van der Waals surface area contributed by atoms with Crippen molar-refractivity contribution in [1.82, 2.24) is 9.88 Å². The average Bonchev–Trinajstić information content (AvgIpc) is 2.98. The summed E-state index contributed by atoms with van der Waals surface area (Å²) in [6, 6.07) is 0. The van der Waals surface area contributed by atoms with Crippen LogP contribution in [0.25, 0.3) is 0 Å². The van der Waals surface area contributed by atoms with Gasteiger partial charge in [-0.2, -0.15) is 0 Å². The van der Waals surface area contributed by atoms with E-state index in [-0.39, 0.29) is 12.0 Å². The molecule has 0 saturated carbocycles. The van der Waals surface area contributed by atoms with Gasteiger partial charge in [0.25, 0.3) is 0 Å². The molecule has 0 aliphatic carbocycles. The van der Waals surface area contributed by atoms with E-state index in [2.05, 4.69) is 4.98 Å². The number of aliphatic hydroxyl groups is 1. The Morgan fingerprint density at radius 1 is 1.63 bits per heavy atom. The molecule has 2 heterocycles. The van der Waals surface area contributed by atoms with Crippen molar-refractivity contribution in [3.63, 3.8) is 0 Å².